The SMILES string of the molecule is CCOC(=O)C(NC(=O)OCC1c2ccccc2-c2ccccc21)C(=O)N1CCC[C@@H]1C(=O)O. The highest BCUT2D eigenvalue weighted by Crippen LogP contribution is 2.44. The molecule has 2 atom stereocenters. The predicted octanol–water partition coefficient (Wildman–Crippen LogP) is 2.53. The number of amides is 2. The number of carbonyl (C=O) groups excluding carboxylic acids is 3. The van der Waals surface area contributed by atoms with Crippen molar-refractivity contribution < 1.29 is 33.8 Å². The van der Waals surface area contributed by atoms with Crippen LogP contribution in [0.25, 0.3) is 11.1 Å². The summed E-state index contributed by atoms with van der Waals surface area (Å²) in [6.07, 6.45) is -0.190. The van der Waals surface area contributed by atoms with Crippen molar-refractivity contribution in [1.82, 2.24) is 10.2 Å². The molecule has 2 aromatic carbocycles. The third kappa shape index (κ3) is 4.46. The largest absolute Gasteiger partial charge is 0.480 e. The lowest BCUT2D eigenvalue weighted by Crippen LogP contribution is -2.55. The van der Waals surface area contributed by atoms with Gasteiger partial charge >= 0.3 is 18.0 Å². The van der Waals surface area contributed by atoms with Gasteiger partial charge in [-0.25, -0.2) is 14.4 Å². The molecule has 1 aliphatic carbocycles. The highest BCUT2D eigenvalue weighted by Gasteiger charge is 2.41. The van der Waals surface area contributed by atoms with E-state index in [1.807, 2.05) is 48.5 Å². The average Bonchev–Trinajstić information content (AvgIpc) is 3.44. The van der Waals surface area contributed by atoms with E-state index in [4.69, 9.17) is 9.47 Å². The Bertz CT molecular complexity index is 1070. The Balaban J connectivity index is 1.47. The third-order valence-corrected chi connectivity index (χ3v) is 6.20. The number of likely N-dealkylation sites (tertiary alicyclic amines) is 1. The predicted molar refractivity (Wildman–Crippen MR) is 121 cm³/mol. The number of ether oxygens (including phenoxy) is 2. The standard InChI is InChI=1S/C25H26N2O7/c1-2-33-24(31)21(22(28)27-13-7-12-20(27)23(29)30)26-25(32)34-14-19-17-10-5-3-8-15(17)16-9-4-6-11-18(16)19/h3-6,8-11,19-21H,2,7,12-14H2,1H3,(H,26,32)(H,29,30)/t20-,21?/m1/s1. The monoisotopic (exact) mass is 466 g/mol. The van der Waals surface area contributed by atoms with Gasteiger partial charge in [0.2, 0.25) is 6.04 Å². The zero-order valence-electron chi connectivity index (χ0n) is 18.7. The fourth-order valence-electron chi connectivity index (χ4n) is 4.66. The van der Waals surface area contributed by atoms with Gasteiger partial charge in [0, 0.05) is 12.5 Å². The van der Waals surface area contributed by atoms with Crippen LogP contribution >= 0.6 is 0 Å². The number of alkyl carbamates (subject to hydrolysis) is 1. The van der Waals surface area contributed by atoms with Gasteiger partial charge in [0.25, 0.3) is 5.91 Å². The van der Waals surface area contributed by atoms with Crippen molar-refractivity contribution in [2.24, 2.45) is 0 Å². The van der Waals surface area contributed by atoms with Gasteiger partial charge in [-0.3, -0.25) is 10.1 Å². The number of carbonyl (C=O) groups is 4. The van der Waals surface area contributed by atoms with E-state index in [-0.39, 0.29) is 32.1 Å². The smallest absolute Gasteiger partial charge is 0.408 e. The lowest BCUT2D eigenvalue weighted by molar-refractivity contribution is -0.156. The van der Waals surface area contributed by atoms with Crippen LogP contribution in [0.15, 0.2) is 48.5 Å². The molecule has 34 heavy (non-hydrogen) atoms. The van der Waals surface area contributed by atoms with Crippen LogP contribution in [-0.4, -0.2) is 65.8 Å². The lowest BCUT2D eigenvalue weighted by atomic mass is 9.98. The molecule has 1 aliphatic heterocycles. The fraction of sp³-hybridized carbons (Fsp3) is 0.360. The summed E-state index contributed by atoms with van der Waals surface area (Å²) < 4.78 is 10.4. The number of benzene rings is 2. The van der Waals surface area contributed by atoms with E-state index in [1.54, 1.807) is 6.92 Å². The van der Waals surface area contributed by atoms with Gasteiger partial charge in [-0.05, 0) is 42.0 Å². The fourth-order valence-corrected chi connectivity index (χ4v) is 4.66. The van der Waals surface area contributed by atoms with Crippen LogP contribution in [0.2, 0.25) is 0 Å². The number of nitrogens with zero attached hydrogens (tertiary/aromatic N) is 1. The lowest BCUT2D eigenvalue weighted by Gasteiger charge is -2.26. The Morgan fingerprint density at radius 3 is 2.24 bits per heavy atom. The Morgan fingerprint density at radius 1 is 1.03 bits per heavy atom. The number of aliphatic carboxylic acids is 1. The molecule has 2 aliphatic rings. The maximum atomic E-state index is 13.0. The molecule has 2 amide bonds. The molecule has 4 rings (SSSR count). The van der Waals surface area contributed by atoms with Gasteiger partial charge in [0.05, 0.1) is 6.61 Å². The molecule has 178 valence electrons. The minimum Gasteiger partial charge on any atom is -0.480 e. The number of rotatable bonds is 7. The molecule has 0 radical (unpaired) electrons. The van der Waals surface area contributed by atoms with E-state index in [1.165, 1.54) is 0 Å². The van der Waals surface area contributed by atoms with E-state index in [0.717, 1.165) is 27.2 Å². The first-order valence-corrected chi connectivity index (χ1v) is 11.2. The second-order valence-corrected chi connectivity index (χ2v) is 8.18. The normalized spacial score (nSPS) is 17.4. The zero-order chi connectivity index (χ0) is 24.2. The molecule has 1 heterocycles. The molecule has 1 fully saturated rings. The molecule has 0 saturated carbocycles. The number of fused-ring (bicyclic) bond motifs is 3. The molecule has 2 N–H and O–H groups in total. The molecule has 0 bridgehead atoms. The first kappa shape index (κ1) is 23.3. The van der Waals surface area contributed by atoms with E-state index in [9.17, 15) is 24.3 Å². The quantitative estimate of drug-likeness (QED) is 0.475. The topological polar surface area (TPSA) is 122 Å². The third-order valence-electron chi connectivity index (χ3n) is 6.20. The number of carboxylic acid groups (broad SMARTS) is 1. The number of hydrogen-bond donors (Lipinski definition) is 2. The summed E-state index contributed by atoms with van der Waals surface area (Å²) >= 11 is 0. The van der Waals surface area contributed by atoms with Crippen molar-refractivity contribution in [3.8, 4) is 11.1 Å². The van der Waals surface area contributed by atoms with Crippen molar-refractivity contribution in [2.45, 2.75) is 37.8 Å². The molecule has 1 saturated heterocycles. The summed E-state index contributed by atoms with van der Waals surface area (Å²) in [5.41, 5.74) is 4.19. The van der Waals surface area contributed by atoms with Crippen molar-refractivity contribution >= 4 is 23.9 Å². The minimum absolute atomic E-state index is 0.00264. The molecule has 1 unspecified atom stereocenters. The van der Waals surface area contributed by atoms with Gasteiger partial charge in [0.1, 0.15) is 12.6 Å². The van der Waals surface area contributed by atoms with Crippen LogP contribution in [0, 0.1) is 0 Å². The Labute approximate surface area is 196 Å². The first-order chi connectivity index (χ1) is 16.4. The zero-order valence-corrected chi connectivity index (χ0v) is 18.7. The molecule has 9 heteroatoms. The van der Waals surface area contributed by atoms with Gasteiger partial charge in [0.15, 0.2) is 0 Å². The summed E-state index contributed by atoms with van der Waals surface area (Å²) in [5.74, 6) is -3.13. The van der Waals surface area contributed by atoms with Crippen LogP contribution < -0.4 is 5.32 Å². The van der Waals surface area contributed by atoms with Gasteiger partial charge < -0.3 is 19.5 Å². The maximum Gasteiger partial charge on any atom is 0.408 e. The van der Waals surface area contributed by atoms with Crippen LogP contribution in [0.1, 0.15) is 36.8 Å². The van der Waals surface area contributed by atoms with Gasteiger partial charge in [-0.2, -0.15) is 0 Å². The summed E-state index contributed by atoms with van der Waals surface area (Å²) in [7, 11) is 0. The number of carboxylic acids is 1. The second-order valence-electron chi connectivity index (χ2n) is 8.18. The molecular formula is C25H26N2O7. The maximum absolute atomic E-state index is 13.0. The molecule has 0 aromatic heterocycles. The molecule has 0 spiro atoms. The van der Waals surface area contributed by atoms with Crippen molar-refractivity contribution in [3.63, 3.8) is 0 Å². The Hall–Kier alpha value is -3.88. The highest BCUT2D eigenvalue weighted by atomic mass is 16.6. The van der Waals surface area contributed by atoms with Crippen molar-refractivity contribution in [3.05, 3.63) is 59.7 Å². The van der Waals surface area contributed by atoms with E-state index < -0.39 is 36.0 Å². The summed E-state index contributed by atoms with van der Waals surface area (Å²) in [6.45, 7) is 1.75. The van der Waals surface area contributed by atoms with E-state index in [0.29, 0.717) is 6.42 Å². The van der Waals surface area contributed by atoms with E-state index >= 15 is 0 Å². The van der Waals surface area contributed by atoms with Crippen LogP contribution in [0.5, 0.6) is 0 Å². The van der Waals surface area contributed by atoms with E-state index in [2.05, 4.69) is 5.32 Å². The summed E-state index contributed by atoms with van der Waals surface area (Å²) in [5, 5.41) is 11.7. The van der Waals surface area contributed by atoms with Crippen molar-refractivity contribution in [1.29, 1.82) is 0 Å². The van der Waals surface area contributed by atoms with Crippen molar-refractivity contribution in [2.75, 3.05) is 19.8 Å². The highest BCUT2D eigenvalue weighted by molar-refractivity contribution is 6.05. The van der Waals surface area contributed by atoms with Gasteiger partial charge in [-0.1, -0.05) is 48.5 Å². The number of esters is 1. The average molecular weight is 466 g/mol. The first-order valence-electron chi connectivity index (χ1n) is 11.2. The van der Waals surface area contributed by atoms with Crippen LogP contribution in [-0.2, 0) is 23.9 Å². The Morgan fingerprint density at radius 2 is 1.65 bits per heavy atom. The number of hydrogen-bond acceptors (Lipinski definition) is 6. The number of nitrogens with one attached hydrogen (secondary N) is 1. The summed E-state index contributed by atoms with van der Waals surface area (Å²) in [4.78, 5) is 50.7. The second kappa shape index (κ2) is 9.94. The van der Waals surface area contributed by atoms with Gasteiger partial charge in [-0.15, -0.1) is 0 Å². The molecule has 9 nitrogen and oxygen atoms in total. The Kier molecular flexibility index (Phi) is 6.81. The van der Waals surface area contributed by atoms with Crippen LogP contribution in [0.4, 0.5) is 4.79 Å². The van der Waals surface area contributed by atoms with Crippen LogP contribution in [0.3, 0.4) is 0 Å². The molecular weight excluding hydrogens is 440 g/mol. The minimum atomic E-state index is -1.68. The molecule has 2 aromatic rings. The summed E-state index contributed by atoms with van der Waals surface area (Å²) in [6, 6.07) is 13.0.